The van der Waals surface area contributed by atoms with Gasteiger partial charge in [0.1, 0.15) is 17.3 Å². The molecular weight excluding hydrogens is 262 g/mol. The van der Waals surface area contributed by atoms with Crippen molar-refractivity contribution >= 4 is 27.3 Å². The van der Waals surface area contributed by atoms with Crippen molar-refractivity contribution in [3.63, 3.8) is 0 Å². The lowest BCUT2D eigenvalue weighted by Crippen LogP contribution is -2.33. The summed E-state index contributed by atoms with van der Waals surface area (Å²) in [7, 11) is -1.05. The molecule has 1 aromatic rings. The summed E-state index contributed by atoms with van der Waals surface area (Å²) >= 11 is 5.92. The molecule has 0 bridgehead atoms. The van der Waals surface area contributed by atoms with Gasteiger partial charge in [-0.3, -0.25) is 0 Å². The Balaban J connectivity index is 2.26. The quantitative estimate of drug-likeness (QED) is 0.756. The van der Waals surface area contributed by atoms with E-state index in [1.807, 2.05) is 18.9 Å². The van der Waals surface area contributed by atoms with E-state index in [-0.39, 0.29) is 17.5 Å². The van der Waals surface area contributed by atoms with Crippen molar-refractivity contribution < 1.29 is 8.42 Å². The number of sulfone groups is 1. The standard InChI is InChI=1S/C10H14ClN3O2S/c1-7-9(11)12-6-13-10(7)14(2)8-3-4-17(15,16)5-8/h6,8H,3-5H2,1-2H3. The maximum atomic E-state index is 11.4. The van der Waals surface area contributed by atoms with E-state index >= 15 is 0 Å². The number of rotatable bonds is 2. The predicted molar refractivity (Wildman–Crippen MR) is 67.2 cm³/mol. The van der Waals surface area contributed by atoms with Gasteiger partial charge in [0, 0.05) is 18.7 Å². The third-order valence-electron chi connectivity index (χ3n) is 3.09. The summed E-state index contributed by atoms with van der Waals surface area (Å²) in [6.45, 7) is 1.83. The Morgan fingerprint density at radius 3 is 2.76 bits per heavy atom. The molecule has 0 N–H and O–H groups in total. The molecular formula is C10H14ClN3O2S. The third kappa shape index (κ3) is 2.52. The van der Waals surface area contributed by atoms with E-state index < -0.39 is 9.84 Å². The van der Waals surface area contributed by atoms with Crippen molar-refractivity contribution in [3.8, 4) is 0 Å². The molecule has 1 aliphatic heterocycles. The number of halogens is 1. The van der Waals surface area contributed by atoms with Crippen LogP contribution < -0.4 is 4.90 Å². The highest BCUT2D eigenvalue weighted by Gasteiger charge is 2.31. The molecule has 0 saturated carbocycles. The average Bonchev–Trinajstić information content (AvgIpc) is 2.62. The molecule has 17 heavy (non-hydrogen) atoms. The van der Waals surface area contributed by atoms with Crippen LogP contribution >= 0.6 is 11.6 Å². The van der Waals surface area contributed by atoms with Crippen LogP contribution in [0.5, 0.6) is 0 Å². The van der Waals surface area contributed by atoms with Crippen molar-refractivity contribution in [3.05, 3.63) is 17.0 Å². The first-order valence-electron chi connectivity index (χ1n) is 5.31. The second-order valence-electron chi connectivity index (χ2n) is 4.28. The summed E-state index contributed by atoms with van der Waals surface area (Å²) in [5, 5.41) is 0.405. The van der Waals surface area contributed by atoms with Gasteiger partial charge in [0.05, 0.1) is 11.5 Å². The molecule has 0 radical (unpaired) electrons. The molecule has 94 valence electrons. The number of hydrogen-bond donors (Lipinski definition) is 0. The molecule has 0 aromatic carbocycles. The first kappa shape index (κ1) is 12.6. The maximum Gasteiger partial charge on any atom is 0.152 e. The van der Waals surface area contributed by atoms with Crippen molar-refractivity contribution in [1.29, 1.82) is 0 Å². The summed E-state index contributed by atoms with van der Waals surface area (Å²) in [4.78, 5) is 9.94. The number of nitrogens with zero attached hydrogens (tertiary/aromatic N) is 3. The minimum atomic E-state index is -2.89. The van der Waals surface area contributed by atoms with Gasteiger partial charge in [-0.25, -0.2) is 18.4 Å². The topological polar surface area (TPSA) is 63.2 Å². The minimum absolute atomic E-state index is 0.0235. The summed E-state index contributed by atoms with van der Waals surface area (Å²) in [5.41, 5.74) is 0.779. The summed E-state index contributed by atoms with van der Waals surface area (Å²) in [6, 6.07) is -0.0235. The van der Waals surface area contributed by atoms with Gasteiger partial charge in [-0.1, -0.05) is 11.6 Å². The van der Waals surface area contributed by atoms with Gasteiger partial charge in [0.15, 0.2) is 9.84 Å². The Bertz CT molecular complexity index is 532. The molecule has 5 nitrogen and oxygen atoms in total. The predicted octanol–water partition coefficient (Wildman–Crippen LogP) is 1.06. The van der Waals surface area contributed by atoms with E-state index in [0.717, 1.165) is 5.56 Å². The lowest BCUT2D eigenvalue weighted by atomic mass is 10.2. The molecule has 7 heteroatoms. The van der Waals surface area contributed by atoms with Crippen LogP contribution in [0.1, 0.15) is 12.0 Å². The highest BCUT2D eigenvalue weighted by molar-refractivity contribution is 7.91. The fraction of sp³-hybridized carbons (Fsp3) is 0.600. The summed E-state index contributed by atoms with van der Waals surface area (Å²) < 4.78 is 22.9. The molecule has 2 rings (SSSR count). The van der Waals surface area contributed by atoms with Crippen LogP contribution in [-0.2, 0) is 9.84 Å². The minimum Gasteiger partial charge on any atom is -0.355 e. The Labute approximate surface area is 106 Å². The molecule has 0 spiro atoms. The largest absolute Gasteiger partial charge is 0.355 e. The summed E-state index contributed by atoms with van der Waals surface area (Å²) in [6.07, 6.45) is 2.03. The van der Waals surface area contributed by atoms with E-state index in [4.69, 9.17) is 11.6 Å². The van der Waals surface area contributed by atoms with Crippen LogP contribution in [0.4, 0.5) is 5.82 Å². The average molecular weight is 276 g/mol. The van der Waals surface area contributed by atoms with Crippen molar-refractivity contribution in [2.24, 2.45) is 0 Å². The zero-order chi connectivity index (χ0) is 12.6. The van der Waals surface area contributed by atoms with Gasteiger partial charge in [0.25, 0.3) is 0 Å². The Kier molecular flexibility index (Phi) is 3.27. The summed E-state index contributed by atoms with van der Waals surface area (Å²) in [5.74, 6) is 1.14. The number of hydrogen-bond acceptors (Lipinski definition) is 5. The van der Waals surface area contributed by atoms with E-state index in [1.165, 1.54) is 6.33 Å². The van der Waals surface area contributed by atoms with Crippen LogP contribution in [0.2, 0.25) is 5.15 Å². The first-order chi connectivity index (χ1) is 7.91. The third-order valence-corrected chi connectivity index (χ3v) is 5.22. The molecule has 1 saturated heterocycles. The van der Waals surface area contributed by atoms with Crippen LogP contribution in [0.3, 0.4) is 0 Å². The second kappa shape index (κ2) is 4.42. The van der Waals surface area contributed by atoms with Gasteiger partial charge < -0.3 is 4.90 Å². The molecule has 1 aromatic heterocycles. The highest BCUT2D eigenvalue weighted by Crippen LogP contribution is 2.26. The molecule has 1 atom stereocenters. The van der Waals surface area contributed by atoms with Gasteiger partial charge in [0.2, 0.25) is 0 Å². The first-order valence-corrected chi connectivity index (χ1v) is 7.51. The van der Waals surface area contributed by atoms with Gasteiger partial charge >= 0.3 is 0 Å². The number of anilines is 1. The molecule has 1 fully saturated rings. The number of aromatic nitrogens is 2. The van der Waals surface area contributed by atoms with E-state index in [2.05, 4.69) is 9.97 Å². The molecule has 1 aliphatic rings. The fourth-order valence-electron chi connectivity index (χ4n) is 2.03. The van der Waals surface area contributed by atoms with Crippen molar-refractivity contribution in [1.82, 2.24) is 9.97 Å². The fourth-order valence-corrected chi connectivity index (χ4v) is 3.93. The second-order valence-corrected chi connectivity index (χ2v) is 6.87. The van der Waals surface area contributed by atoms with Crippen LogP contribution in [0.15, 0.2) is 6.33 Å². The van der Waals surface area contributed by atoms with Crippen molar-refractivity contribution in [2.75, 3.05) is 23.5 Å². The Morgan fingerprint density at radius 2 is 2.18 bits per heavy atom. The highest BCUT2D eigenvalue weighted by atomic mass is 35.5. The van der Waals surface area contributed by atoms with Crippen LogP contribution in [-0.4, -0.2) is 43.0 Å². The molecule has 2 heterocycles. The Hall–Kier alpha value is -0.880. The van der Waals surface area contributed by atoms with Gasteiger partial charge in [-0.05, 0) is 13.3 Å². The zero-order valence-electron chi connectivity index (χ0n) is 9.72. The SMILES string of the molecule is Cc1c(Cl)ncnc1N(C)C1CCS(=O)(=O)C1. The maximum absolute atomic E-state index is 11.4. The lowest BCUT2D eigenvalue weighted by Gasteiger charge is -2.25. The van der Waals surface area contributed by atoms with E-state index in [0.29, 0.717) is 17.4 Å². The zero-order valence-corrected chi connectivity index (χ0v) is 11.3. The van der Waals surface area contributed by atoms with Gasteiger partial charge in [-0.2, -0.15) is 0 Å². The molecule has 0 amide bonds. The van der Waals surface area contributed by atoms with Crippen LogP contribution in [0.25, 0.3) is 0 Å². The van der Waals surface area contributed by atoms with E-state index in [1.54, 1.807) is 0 Å². The normalized spacial score (nSPS) is 22.6. The van der Waals surface area contributed by atoms with Gasteiger partial charge in [-0.15, -0.1) is 0 Å². The smallest absolute Gasteiger partial charge is 0.152 e. The molecule has 1 unspecified atom stereocenters. The lowest BCUT2D eigenvalue weighted by molar-refractivity contribution is 0.600. The molecule has 0 aliphatic carbocycles. The van der Waals surface area contributed by atoms with E-state index in [9.17, 15) is 8.42 Å². The Morgan fingerprint density at radius 1 is 1.47 bits per heavy atom. The van der Waals surface area contributed by atoms with Crippen LogP contribution in [0, 0.1) is 6.92 Å². The monoisotopic (exact) mass is 275 g/mol. The van der Waals surface area contributed by atoms with Crippen molar-refractivity contribution in [2.45, 2.75) is 19.4 Å².